The summed E-state index contributed by atoms with van der Waals surface area (Å²) in [5.74, 6) is -2.40. The molecule has 0 amide bonds. The maximum atomic E-state index is 15.7. The molecule has 1 aliphatic heterocycles. The number of halogens is 3. The Hall–Kier alpha value is -3.08. The standard InChI is InChI=1S/C31H39F3N2O5/c1-20-15-23-22-9-4-5-10-26(22)35-29(23)30(36(20)19-31(2,3)34)28-24(32)16-21(17-25(28)33)41-14-8-13-39-11-6-7-12-40-18-27(37)38/h4-5,9-10,16-17,20,30,35H,6-8,11-15,18-19H2,1-3H3,(H,37,38)/t20-,30-/m1/s1. The van der Waals surface area contributed by atoms with Crippen LogP contribution in [-0.2, 0) is 20.7 Å². The Labute approximate surface area is 238 Å². The number of alkyl halides is 1. The van der Waals surface area contributed by atoms with Crippen LogP contribution in [0.5, 0.6) is 5.75 Å². The highest BCUT2D eigenvalue weighted by Crippen LogP contribution is 2.43. The average Bonchev–Trinajstić information content (AvgIpc) is 3.25. The first-order valence-electron chi connectivity index (χ1n) is 14.1. The molecule has 10 heteroatoms. The van der Waals surface area contributed by atoms with Crippen molar-refractivity contribution in [2.75, 3.05) is 39.6 Å². The minimum absolute atomic E-state index is 0.0140. The highest BCUT2D eigenvalue weighted by atomic mass is 19.1. The molecule has 2 heterocycles. The molecule has 0 saturated carbocycles. The number of carboxylic acid groups (broad SMARTS) is 1. The topological polar surface area (TPSA) is 84.0 Å². The van der Waals surface area contributed by atoms with Crippen molar-refractivity contribution in [1.82, 2.24) is 9.88 Å². The van der Waals surface area contributed by atoms with Gasteiger partial charge in [0.05, 0.1) is 12.6 Å². The highest BCUT2D eigenvalue weighted by molar-refractivity contribution is 5.85. The first-order chi connectivity index (χ1) is 19.5. The smallest absolute Gasteiger partial charge is 0.329 e. The molecule has 2 N–H and O–H groups in total. The number of aliphatic carboxylic acids is 1. The summed E-state index contributed by atoms with van der Waals surface area (Å²) in [7, 11) is 0. The molecule has 4 rings (SSSR count). The maximum absolute atomic E-state index is 15.7. The third-order valence-corrected chi connectivity index (χ3v) is 7.16. The van der Waals surface area contributed by atoms with E-state index in [1.807, 2.05) is 36.1 Å². The number of carboxylic acids is 1. The lowest BCUT2D eigenvalue weighted by Crippen LogP contribution is -2.48. The summed E-state index contributed by atoms with van der Waals surface area (Å²) in [4.78, 5) is 15.6. The lowest BCUT2D eigenvalue weighted by atomic mass is 9.87. The van der Waals surface area contributed by atoms with Crippen LogP contribution < -0.4 is 4.74 Å². The summed E-state index contributed by atoms with van der Waals surface area (Å²) in [6, 6.07) is 9.18. The zero-order valence-corrected chi connectivity index (χ0v) is 23.9. The van der Waals surface area contributed by atoms with Crippen LogP contribution in [0, 0.1) is 11.6 Å². The number of hydrogen-bond acceptors (Lipinski definition) is 5. The fourth-order valence-electron chi connectivity index (χ4n) is 5.42. The zero-order chi connectivity index (χ0) is 29.6. The third kappa shape index (κ3) is 8.02. The van der Waals surface area contributed by atoms with Crippen molar-refractivity contribution in [2.45, 2.75) is 64.2 Å². The van der Waals surface area contributed by atoms with Gasteiger partial charge in [0, 0.05) is 73.1 Å². The molecule has 3 aromatic rings. The number of rotatable bonds is 15. The van der Waals surface area contributed by atoms with Crippen molar-refractivity contribution >= 4 is 16.9 Å². The van der Waals surface area contributed by atoms with Crippen LogP contribution in [0.1, 0.15) is 62.9 Å². The lowest BCUT2D eigenvalue weighted by Gasteiger charge is -2.43. The van der Waals surface area contributed by atoms with Crippen molar-refractivity contribution in [3.63, 3.8) is 0 Å². The molecule has 0 bridgehead atoms. The number of unbranched alkanes of at least 4 members (excludes halogenated alkanes) is 1. The normalized spacial score (nSPS) is 17.6. The van der Waals surface area contributed by atoms with Gasteiger partial charge >= 0.3 is 5.97 Å². The predicted octanol–water partition coefficient (Wildman–Crippen LogP) is 6.20. The molecule has 2 aromatic carbocycles. The summed E-state index contributed by atoms with van der Waals surface area (Å²) < 4.78 is 62.4. The Bertz CT molecular complexity index is 1300. The first kappa shape index (κ1) is 30.9. The third-order valence-electron chi connectivity index (χ3n) is 7.16. The quantitative estimate of drug-likeness (QED) is 0.210. The molecule has 0 unspecified atom stereocenters. The summed E-state index contributed by atoms with van der Waals surface area (Å²) in [6.45, 7) is 6.10. The summed E-state index contributed by atoms with van der Waals surface area (Å²) in [5, 5.41) is 9.53. The van der Waals surface area contributed by atoms with Crippen LogP contribution in [0.25, 0.3) is 10.9 Å². The molecule has 1 aromatic heterocycles. The number of aromatic amines is 1. The fraction of sp³-hybridized carbons (Fsp3) is 0.516. The fourth-order valence-corrected chi connectivity index (χ4v) is 5.42. The van der Waals surface area contributed by atoms with Gasteiger partial charge in [0.1, 0.15) is 29.7 Å². The number of H-pyrrole nitrogens is 1. The minimum atomic E-state index is -1.57. The second kappa shape index (κ2) is 13.7. The largest absolute Gasteiger partial charge is 0.493 e. The van der Waals surface area contributed by atoms with Crippen LogP contribution in [-0.4, -0.2) is 72.2 Å². The molecule has 224 valence electrons. The molecule has 0 spiro atoms. The second-order valence-corrected chi connectivity index (χ2v) is 11.2. The molecule has 0 fully saturated rings. The van der Waals surface area contributed by atoms with E-state index in [0.717, 1.165) is 22.9 Å². The van der Waals surface area contributed by atoms with E-state index < -0.39 is 29.3 Å². The van der Waals surface area contributed by atoms with Crippen LogP contribution in [0.15, 0.2) is 36.4 Å². The van der Waals surface area contributed by atoms with Gasteiger partial charge in [-0.25, -0.2) is 18.0 Å². The molecular formula is C31H39F3N2O5. The van der Waals surface area contributed by atoms with Gasteiger partial charge in [-0.3, -0.25) is 4.90 Å². The van der Waals surface area contributed by atoms with Gasteiger partial charge in [0.2, 0.25) is 0 Å². The van der Waals surface area contributed by atoms with Crippen molar-refractivity contribution in [2.24, 2.45) is 0 Å². The predicted molar refractivity (Wildman–Crippen MR) is 150 cm³/mol. The number of nitrogens with one attached hydrogen (secondary N) is 1. The molecule has 41 heavy (non-hydrogen) atoms. The van der Waals surface area contributed by atoms with Gasteiger partial charge in [-0.2, -0.15) is 0 Å². The number of aromatic nitrogens is 1. The van der Waals surface area contributed by atoms with E-state index in [1.54, 1.807) is 0 Å². The number of hydrogen-bond donors (Lipinski definition) is 2. The second-order valence-electron chi connectivity index (χ2n) is 11.2. The molecule has 0 radical (unpaired) electrons. The number of ether oxygens (including phenoxy) is 3. The average molecular weight is 577 g/mol. The highest BCUT2D eigenvalue weighted by Gasteiger charge is 2.41. The van der Waals surface area contributed by atoms with Crippen molar-refractivity contribution < 1.29 is 37.3 Å². The van der Waals surface area contributed by atoms with Crippen LogP contribution in [0.4, 0.5) is 13.2 Å². The minimum Gasteiger partial charge on any atom is -0.493 e. The lowest BCUT2D eigenvalue weighted by molar-refractivity contribution is -0.142. The monoisotopic (exact) mass is 576 g/mol. The zero-order valence-electron chi connectivity index (χ0n) is 23.9. The van der Waals surface area contributed by atoms with E-state index in [0.29, 0.717) is 44.8 Å². The Balaban J connectivity index is 1.42. The molecular weight excluding hydrogens is 537 g/mol. The Morgan fingerprint density at radius 3 is 2.39 bits per heavy atom. The van der Waals surface area contributed by atoms with E-state index >= 15 is 8.78 Å². The van der Waals surface area contributed by atoms with E-state index in [4.69, 9.17) is 19.3 Å². The van der Waals surface area contributed by atoms with Crippen LogP contribution in [0.3, 0.4) is 0 Å². The van der Waals surface area contributed by atoms with Gasteiger partial charge in [-0.05, 0) is 51.7 Å². The summed E-state index contributed by atoms with van der Waals surface area (Å²) in [6.07, 6.45) is 2.58. The number of benzene rings is 2. The maximum Gasteiger partial charge on any atom is 0.329 e. The van der Waals surface area contributed by atoms with Crippen molar-refractivity contribution in [3.05, 3.63) is 64.9 Å². The number of nitrogens with zero attached hydrogens (tertiary/aromatic N) is 1. The van der Waals surface area contributed by atoms with Crippen LogP contribution in [0.2, 0.25) is 0 Å². The van der Waals surface area contributed by atoms with Crippen molar-refractivity contribution in [3.8, 4) is 5.75 Å². The van der Waals surface area contributed by atoms with E-state index in [-0.39, 0.29) is 37.1 Å². The van der Waals surface area contributed by atoms with E-state index in [1.165, 1.54) is 26.0 Å². The SMILES string of the molecule is C[C@@H]1Cc2c([nH]c3ccccc23)[C@@H](c2c(F)cc(OCCCOCCCCOCC(=O)O)cc2F)N1CC(C)(C)F. The number of carbonyl (C=O) groups is 1. The van der Waals surface area contributed by atoms with Crippen LogP contribution >= 0.6 is 0 Å². The molecule has 7 nitrogen and oxygen atoms in total. The Kier molecular flexibility index (Phi) is 10.3. The van der Waals surface area contributed by atoms with Gasteiger partial charge in [0.25, 0.3) is 0 Å². The van der Waals surface area contributed by atoms with Crippen molar-refractivity contribution in [1.29, 1.82) is 0 Å². The molecule has 0 aliphatic carbocycles. The van der Waals surface area contributed by atoms with E-state index in [9.17, 15) is 9.18 Å². The number of fused-ring (bicyclic) bond motifs is 3. The molecule has 0 saturated heterocycles. The van der Waals surface area contributed by atoms with Gasteiger partial charge in [-0.1, -0.05) is 18.2 Å². The van der Waals surface area contributed by atoms with Gasteiger partial charge in [-0.15, -0.1) is 0 Å². The van der Waals surface area contributed by atoms with E-state index in [2.05, 4.69) is 4.98 Å². The van der Waals surface area contributed by atoms with Gasteiger partial charge < -0.3 is 24.3 Å². The summed E-state index contributed by atoms with van der Waals surface area (Å²) >= 11 is 0. The van der Waals surface area contributed by atoms with Gasteiger partial charge in [0.15, 0.2) is 0 Å². The first-order valence-corrected chi connectivity index (χ1v) is 14.1. The summed E-state index contributed by atoms with van der Waals surface area (Å²) in [5.41, 5.74) is 0.869. The molecule has 2 atom stereocenters. The molecule has 1 aliphatic rings. The number of para-hydroxylation sites is 1. The Morgan fingerprint density at radius 1 is 1.05 bits per heavy atom. The Morgan fingerprint density at radius 2 is 1.71 bits per heavy atom.